The van der Waals surface area contributed by atoms with Crippen LogP contribution in [-0.4, -0.2) is 9.78 Å². The molecule has 0 aliphatic heterocycles. The number of rotatable bonds is 3. The molecule has 0 atom stereocenters. The second-order valence-corrected chi connectivity index (χ2v) is 2.98. The molecule has 0 saturated carbocycles. The quantitative estimate of drug-likeness (QED) is 0.832. The van der Waals surface area contributed by atoms with Crippen LogP contribution in [-0.2, 0) is 6.73 Å². The molecule has 0 amide bonds. The summed E-state index contributed by atoms with van der Waals surface area (Å²) in [6.07, 6.45) is 1.66. The highest BCUT2D eigenvalue weighted by molar-refractivity contribution is 5.24. The van der Waals surface area contributed by atoms with Crippen molar-refractivity contribution < 1.29 is 9.13 Å². The van der Waals surface area contributed by atoms with Crippen LogP contribution in [0.25, 0.3) is 0 Å². The fourth-order valence-corrected chi connectivity index (χ4v) is 1.15. The van der Waals surface area contributed by atoms with Gasteiger partial charge in [0.2, 0.25) is 0 Å². The van der Waals surface area contributed by atoms with Gasteiger partial charge in [-0.25, -0.2) is 9.07 Å². The Hall–Kier alpha value is -2.04. The van der Waals surface area contributed by atoms with Crippen molar-refractivity contribution >= 4 is 5.82 Å². The largest absolute Gasteiger partial charge is 0.468 e. The molecule has 0 spiro atoms. The Bertz CT molecular complexity index is 455. The van der Waals surface area contributed by atoms with E-state index < -0.39 is 5.82 Å². The number of hydrogen-bond donors (Lipinski definition) is 1. The number of para-hydroxylation sites is 1. The Morgan fingerprint density at radius 1 is 1.33 bits per heavy atom. The Balaban J connectivity index is 2.02. The van der Waals surface area contributed by atoms with Crippen LogP contribution in [0.5, 0.6) is 5.75 Å². The summed E-state index contributed by atoms with van der Waals surface area (Å²) in [5.41, 5.74) is 5.42. The molecule has 2 N–H and O–H groups in total. The minimum Gasteiger partial charge on any atom is -0.468 e. The molecule has 0 fully saturated rings. The van der Waals surface area contributed by atoms with Crippen molar-refractivity contribution in [3.8, 4) is 5.75 Å². The number of benzene rings is 1. The van der Waals surface area contributed by atoms with E-state index in [1.54, 1.807) is 30.5 Å². The van der Waals surface area contributed by atoms with E-state index in [0.717, 1.165) is 0 Å². The lowest BCUT2D eigenvalue weighted by Gasteiger charge is -2.06. The maximum atomic E-state index is 13.1. The van der Waals surface area contributed by atoms with Crippen molar-refractivity contribution in [3.63, 3.8) is 0 Å². The predicted molar refractivity (Wildman–Crippen MR) is 53.7 cm³/mol. The first-order valence-corrected chi connectivity index (χ1v) is 4.42. The van der Waals surface area contributed by atoms with Crippen molar-refractivity contribution in [2.75, 3.05) is 5.73 Å². The van der Waals surface area contributed by atoms with Gasteiger partial charge >= 0.3 is 0 Å². The summed E-state index contributed by atoms with van der Waals surface area (Å²) in [7, 11) is 0. The van der Waals surface area contributed by atoms with Gasteiger partial charge in [0.1, 0.15) is 5.82 Å². The lowest BCUT2D eigenvalue weighted by Crippen LogP contribution is -2.06. The Morgan fingerprint density at radius 2 is 2.13 bits per heavy atom. The second-order valence-electron chi connectivity index (χ2n) is 2.98. The molecular formula is C10H10FN3O. The number of nitrogens with zero attached hydrogens (tertiary/aromatic N) is 2. The molecule has 5 heteroatoms. The fourth-order valence-electron chi connectivity index (χ4n) is 1.15. The SMILES string of the molecule is Nc1ccn(COc2ccccc2F)n1. The van der Waals surface area contributed by atoms with Gasteiger partial charge in [0.15, 0.2) is 18.3 Å². The monoisotopic (exact) mass is 207 g/mol. The third-order valence-electron chi connectivity index (χ3n) is 1.85. The first-order chi connectivity index (χ1) is 7.25. The Morgan fingerprint density at radius 3 is 2.80 bits per heavy atom. The number of aromatic nitrogens is 2. The molecule has 0 bridgehead atoms. The van der Waals surface area contributed by atoms with E-state index >= 15 is 0 Å². The van der Waals surface area contributed by atoms with E-state index in [9.17, 15) is 4.39 Å². The summed E-state index contributed by atoms with van der Waals surface area (Å²) in [6, 6.07) is 7.85. The van der Waals surface area contributed by atoms with Crippen LogP contribution in [0, 0.1) is 5.82 Å². The smallest absolute Gasteiger partial charge is 0.181 e. The van der Waals surface area contributed by atoms with Gasteiger partial charge in [0.25, 0.3) is 0 Å². The minimum atomic E-state index is -0.391. The van der Waals surface area contributed by atoms with Crippen LogP contribution in [0.1, 0.15) is 0 Å². The summed E-state index contributed by atoms with van der Waals surface area (Å²) < 4.78 is 19.8. The zero-order valence-corrected chi connectivity index (χ0v) is 7.93. The summed E-state index contributed by atoms with van der Waals surface area (Å²) in [5.74, 6) is 0.219. The van der Waals surface area contributed by atoms with Crippen LogP contribution >= 0.6 is 0 Å². The Kier molecular flexibility index (Phi) is 2.53. The van der Waals surface area contributed by atoms with Gasteiger partial charge < -0.3 is 10.5 Å². The molecule has 4 nitrogen and oxygen atoms in total. The standard InChI is InChI=1S/C10H10FN3O/c11-8-3-1-2-4-9(8)15-7-14-6-5-10(12)13-14/h1-6H,7H2,(H2,12,13). The maximum Gasteiger partial charge on any atom is 0.181 e. The first-order valence-electron chi connectivity index (χ1n) is 4.42. The van der Waals surface area contributed by atoms with Gasteiger partial charge in [0.05, 0.1) is 0 Å². The van der Waals surface area contributed by atoms with Crippen molar-refractivity contribution in [1.29, 1.82) is 0 Å². The Labute approximate surface area is 86.1 Å². The topological polar surface area (TPSA) is 53.1 Å². The van der Waals surface area contributed by atoms with Crippen molar-refractivity contribution in [3.05, 3.63) is 42.3 Å². The third-order valence-corrected chi connectivity index (χ3v) is 1.85. The summed E-state index contributed by atoms with van der Waals surface area (Å²) in [5, 5.41) is 3.90. The zero-order chi connectivity index (χ0) is 10.7. The molecule has 2 aromatic rings. The van der Waals surface area contributed by atoms with Crippen LogP contribution in [0.15, 0.2) is 36.5 Å². The van der Waals surface area contributed by atoms with Crippen molar-refractivity contribution in [2.24, 2.45) is 0 Å². The number of anilines is 1. The van der Waals surface area contributed by atoms with Crippen LogP contribution in [0.4, 0.5) is 10.2 Å². The zero-order valence-electron chi connectivity index (χ0n) is 7.93. The van der Waals surface area contributed by atoms with Crippen LogP contribution in [0.3, 0.4) is 0 Å². The van der Waals surface area contributed by atoms with Gasteiger partial charge in [-0.15, -0.1) is 0 Å². The summed E-state index contributed by atoms with van der Waals surface area (Å²) in [4.78, 5) is 0. The third kappa shape index (κ3) is 2.25. The highest BCUT2D eigenvalue weighted by atomic mass is 19.1. The normalized spacial score (nSPS) is 10.2. The van der Waals surface area contributed by atoms with Crippen LogP contribution < -0.4 is 10.5 Å². The number of hydrogen-bond acceptors (Lipinski definition) is 3. The highest BCUT2D eigenvalue weighted by Crippen LogP contribution is 2.15. The molecule has 0 aliphatic rings. The number of halogens is 1. The molecule has 0 unspecified atom stereocenters. The molecule has 1 aromatic carbocycles. The van der Waals surface area contributed by atoms with Gasteiger partial charge in [0, 0.05) is 12.3 Å². The first kappa shape index (κ1) is 9.51. The van der Waals surface area contributed by atoms with E-state index in [-0.39, 0.29) is 12.5 Å². The van der Waals surface area contributed by atoms with Gasteiger partial charge in [-0.3, -0.25) is 0 Å². The second kappa shape index (κ2) is 4.00. The number of nitrogens with two attached hydrogens (primary N) is 1. The molecule has 2 rings (SSSR count). The molecule has 0 saturated heterocycles. The molecule has 15 heavy (non-hydrogen) atoms. The molecule has 0 radical (unpaired) electrons. The van der Waals surface area contributed by atoms with Gasteiger partial charge in [-0.2, -0.15) is 5.10 Å². The molecule has 0 aliphatic carbocycles. The van der Waals surface area contributed by atoms with Crippen molar-refractivity contribution in [1.82, 2.24) is 9.78 Å². The van der Waals surface area contributed by atoms with Crippen molar-refractivity contribution in [2.45, 2.75) is 6.73 Å². The van der Waals surface area contributed by atoms with Gasteiger partial charge in [-0.05, 0) is 12.1 Å². The lowest BCUT2D eigenvalue weighted by atomic mass is 10.3. The van der Waals surface area contributed by atoms with Crippen LogP contribution in [0.2, 0.25) is 0 Å². The summed E-state index contributed by atoms with van der Waals surface area (Å²) >= 11 is 0. The number of ether oxygens (including phenoxy) is 1. The fraction of sp³-hybridized carbons (Fsp3) is 0.100. The molecular weight excluding hydrogens is 197 g/mol. The average molecular weight is 207 g/mol. The highest BCUT2D eigenvalue weighted by Gasteiger charge is 2.01. The number of nitrogen functional groups attached to an aromatic ring is 1. The lowest BCUT2D eigenvalue weighted by molar-refractivity contribution is 0.212. The van der Waals surface area contributed by atoms with Gasteiger partial charge in [-0.1, -0.05) is 12.1 Å². The molecule has 78 valence electrons. The molecule has 1 aromatic heterocycles. The van der Waals surface area contributed by atoms with E-state index in [4.69, 9.17) is 10.5 Å². The van der Waals surface area contributed by atoms with E-state index in [0.29, 0.717) is 5.82 Å². The maximum absolute atomic E-state index is 13.1. The minimum absolute atomic E-state index is 0.137. The van der Waals surface area contributed by atoms with E-state index in [2.05, 4.69) is 5.10 Å². The summed E-state index contributed by atoms with van der Waals surface area (Å²) in [6.45, 7) is 0.137. The predicted octanol–water partition coefficient (Wildman–Crippen LogP) is 1.64. The average Bonchev–Trinajstić information content (AvgIpc) is 2.63. The van der Waals surface area contributed by atoms with E-state index in [1.807, 2.05) is 0 Å². The van der Waals surface area contributed by atoms with E-state index in [1.165, 1.54) is 10.7 Å². The molecule has 1 heterocycles.